The summed E-state index contributed by atoms with van der Waals surface area (Å²) in [4.78, 5) is 0. The van der Waals surface area contributed by atoms with Crippen LogP contribution in [0.3, 0.4) is 0 Å². The van der Waals surface area contributed by atoms with E-state index in [0.717, 1.165) is 35.1 Å². The van der Waals surface area contributed by atoms with Gasteiger partial charge in [0.05, 0.1) is 0 Å². The summed E-state index contributed by atoms with van der Waals surface area (Å²) in [5.74, 6) is -3.95. The Morgan fingerprint density at radius 1 is 0.667 bits per heavy atom. The first-order valence-electron chi connectivity index (χ1n) is 13.1. The first-order chi connectivity index (χ1) is 18.6. The van der Waals surface area contributed by atoms with Crippen LogP contribution in [0.5, 0.6) is 5.75 Å². The number of alkyl halides is 3. The molecule has 0 bridgehead atoms. The Bertz CT molecular complexity index is 1390. The largest absolute Gasteiger partial charge is 0.478 e. The molecule has 206 valence electrons. The number of ether oxygens (including phenoxy) is 1. The van der Waals surface area contributed by atoms with Crippen molar-refractivity contribution in [3.8, 4) is 16.9 Å². The highest BCUT2D eigenvalue weighted by Gasteiger charge is 2.30. The zero-order valence-corrected chi connectivity index (χ0v) is 21.7. The van der Waals surface area contributed by atoms with Gasteiger partial charge in [-0.05, 0) is 77.1 Å². The lowest BCUT2D eigenvalue weighted by atomic mass is 9.96. The van der Waals surface area contributed by atoms with E-state index in [2.05, 4.69) is 35.9 Å². The van der Waals surface area contributed by atoms with Crippen molar-refractivity contribution in [1.29, 1.82) is 0 Å². The summed E-state index contributed by atoms with van der Waals surface area (Å²) in [7, 11) is 0. The molecule has 0 saturated heterocycles. The molecule has 4 aromatic carbocycles. The van der Waals surface area contributed by atoms with Crippen LogP contribution < -0.4 is 4.74 Å². The summed E-state index contributed by atoms with van der Waals surface area (Å²) in [6.45, 7) is 0.399. The zero-order chi connectivity index (χ0) is 28.0. The van der Waals surface area contributed by atoms with E-state index in [1.54, 1.807) is 12.1 Å². The molecular formula is C32H30F6O. The molecule has 0 aliphatic rings. The van der Waals surface area contributed by atoms with E-state index in [1.807, 2.05) is 18.2 Å². The van der Waals surface area contributed by atoms with Gasteiger partial charge >= 0.3 is 6.18 Å². The SMILES string of the molecule is CCCCCCc1ccc(-c2ccc3c(F)c(CCc4cc(F)c(OCC(F)(F)F)c(F)c4)ccc3c2)cc1. The Balaban J connectivity index is 1.44. The van der Waals surface area contributed by atoms with Gasteiger partial charge in [-0.2, -0.15) is 13.2 Å². The van der Waals surface area contributed by atoms with Crippen molar-refractivity contribution < 1.29 is 31.1 Å². The maximum absolute atomic E-state index is 15.3. The molecule has 0 radical (unpaired) electrons. The summed E-state index contributed by atoms with van der Waals surface area (Å²) >= 11 is 0. The third-order valence-corrected chi connectivity index (χ3v) is 6.76. The Morgan fingerprint density at radius 3 is 2.03 bits per heavy atom. The summed E-state index contributed by atoms with van der Waals surface area (Å²) < 4.78 is 84.8. The molecule has 39 heavy (non-hydrogen) atoms. The summed E-state index contributed by atoms with van der Waals surface area (Å²) in [6, 6.07) is 19.3. The van der Waals surface area contributed by atoms with E-state index in [0.29, 0.717) is 10.9 Å². The van der Waals surface area contributed by atoms with Crippen molar-refractivity contribution in [3.63, 3.8) is 0 Å². The monoisotopic (exact) mass is 544 g/mol. The lowest BCUT2D eigenvalue weighted by Gasteiger charge is -2.12. The van der Waals surface area contributed by atoms with Crippen LogP contribution in [-0.2, 0) is 19.3 Å². The van der Waals surface area contributed by atoms with Gasteiger partial charge in [0.25, 0.3) is 0 Å². The molecule has 7 heteroatoms. The molecule has 0 saturated carbocycles. The van der Waals surface area contributed by atoms with E-state index in [-0.39, 0.29) is 18.4 Å². The minimum absolute atomic E-state index is 0.0959. The molecule has 0 amide bonds. The van der Waals surface area contributed by atoms with Crippen molar-refractivity contribution in [1.82, 2.24) is 0 Å². The van der Waals surface area contributed by atoms with Crippen molar-refractivity contribution in [2.24, 2.45) is 0 Å². The van der Waals surface area contributed by atoms with Crippen molar-refractivity contribution in [2.45, 2.75) is 58.0 Å². The van der Waals surface area contributed by atoms with E-state index in [1.165, 1.54) is 31.2 Å². The van der Waals surface area contributed by atoms with Crippen LogP contribution in [0.4, 0.5) is 26.3 Å². The maximum Gasteiger partial charge on any atom is 0.422 e. The minimum atomic E-state index is -4.72. The molecule has 0 spiro atoms. The Hall–Kier alpha value is -3.48. The molecule has 0 aromatic heterocycles. The van der Waals surface area contributed by atoms with Crippen LogP contribution in [0.2, 0.25) is 0 Å². The van der Waals surface area contributed by atoms with Gasteiger partial charge in [-0.25, -0.2) is 13.2 Å². The van der Waals surface area contributed by atoms with Gasteiger partial charge in [0.2, 0.25) is 0 Å². The quantitative estimate of drug-likeness (QED) is 0.135. The van der Waals surface area contributed by atoms with Gasteiger partial charge in [0.15, 0.2) is 24.0 Å². The number of unbranched alkanes of at least 4 members (excludes halogenated alkanes) is 3. The Morgan fingerprint density at radius 2 is 1.36 bits per heavy atom. The summed E-state index contributed by atoms with van der Waals surface area (Å²) in [5, 5.41) is 1.18. The fourth-order valence-electron chi connectivity index (χ4n) is 4.66. The molecule has 0 N–H and O–H groups in total. The van der Waals surface area contributed by atoms with Crippen LogP contribution >= 0.6 is 0 Å². The van der Waals surface area contributed by atoms with Crippen molar-refractivity contribution in [3.05, 3.63) is 101 Å². The first kappa shape index (κ1) is 28.5. The number of fused-ring (bicyclic) bond motifs is 1. The number of aryl methyl sites for hydroxylation is 3. The second-order valence-electron chi connectivity index (χ2n) is 9.77. The van der Waals surface area contributed by atoms with Gasteiger partial charge in [0.1, 0.15) is 5.82 Å². The standard InChI is InChI=1S/C32H30F6O/c1-2-3-4-5-6-21-7-10-23(11-8-21)25-15-16-27-26(19-25)14-13-24(30(27)35)12-9-22-17-28(33)31(29(34)18-22)39-20-32(36,37)38/h7-8,10-11,13-19H,2-6,9,12,20H2,1H3. The van der Waals surface area contributed by atoms with Crippen LogP contribution in [0, 0.1) is 17.5 Å². The average molecular weight is 545 g/mol. The number of benzene rings is 4. The summed E-state index contributed by atoms with van der Waals surface area (Å²) in [5.41, 5.74) is 3.89. The predicted molar refractivity (Wildman–Crippen MR) is 143 cm³/mol. The fraction of sp³-hybridized carbons (Fsp3) is 0.312. The van der Waals surface area contributed by atoms with Gasteiger partial charge < -0.3 is 4.74 Å². The van der Waals surface area contributed by atoms with Crippen LogP contribution in [0.1, 0.15) is 49.3 Å². The topological polar surface area (TPSA) is 9.23 Å². The molecule has 4 aromatic rings. The van der Waals surface area contributed by atoms with E-state index >= 15 is 4.39 Å². The van der Waals surface area contributed by atoms with E-state index in [9.17, 15) is 22.0 Å². The molecular weight excluding hydrogens is 514 g/mol. The van der Waals surface area contributed by atoms with Gasteiger partial charge in [0, 0.05) is 5.39 Å². The fourth-order valence-corrected chi connectivity index (χ4v) is 4.66. The number of hydrogen-bond acceptors (Lipinski definition) is 1. The number of rotatable bonds is 11. The van der Waals surface area contributed by atoms with Crippen molar-refractivity contribution in [2.75, 3.05) is 6.61 Å². The lowest BCUT2D eigenvalue weighted by Crippen LogP contribution is -2.20. The first-order valence-corrected chi connectivity index (χ1v) is 13.1. The second-order valence-corrected chi connectivity index (χ2v) is 9.77. The van der Waals surface area contributed by atoms with E-state index < -0.39 is 36.0 Å². The maximum atomic E-state index is 15.3. The molecule has 1 nitrogen and oxygen atoms in total. The zero-order valence-electron chi connectivity index (χ0n) is 21.7. The highest BCUT2D eigenvalue weighted by molar-refractivity contribution is 5.88. The molecule has 0 aliphatic carbocycles. The number of halogens is 6. The Kier molecular flexibility index (Phi) is 9.20. The highest BCUT2D eigenvalue weighted by Crippen LogP contribution is 2.30. The highest BCUT2D eigenvalue weighted by atomic mass is 19.4. The molecule has 0 aliphatic heterocycles. The molecule has 4 rings (SSSR count). The minimum Gasteiger partial charge on any atom is -0.478 e. The van der Waals surface area contributed by atoms with Crippen LogP contribution in [0.25, 0.3) is 21.9 Å². The Labute approximate surface area is 224 Å². The summed E-state index contributed by atoms with van der Waals surface area (Å²) in [6.07, 6.45) is 1.47. The van der Waals surface area contributed by atoms with Gasteiger partial charge in [-0.3, -0.25) is 0 Å². The molecule has 0 atom stereocenters. The van der Waals surface area contributed by atoms with Crippen LogP contribution in [-0.4, -0.2) is 12.8 Å². The van der Waals surface area contributed by atoms with Gasteiger partial charge in [-0.15, -0.1) is 0 Å². The molecule has 0 unspecified atom stereocenters. The van der Waals surface area contributed by atoms with Crippen LogP contribution in [0.15, 0.2) is 66.7 Å². The predicted octanol–water partition coefficient (Wildman–Crippen LogP) is 9.77. The average Bonchev–Trinajstić information content (AvgIpc) is 2.90. The lowest BCUT2D eigenvalue weighted by molar-refractivity contribution is -0.154. The third-order valence-electron chi connectivity index (χ3n) is 6.76. The van der Waals surface area contributed by atoms with E-state index in [4.69, 9.17) is 0 Å². The second kappa shape index (κ2) is 12.6. The normalized spacial score (nSPS) is 11.8. The number of hydrogen-bond donors (Lipinski definition) is 0. The third kappa shape index (κ3) is 7.55. The van der Waals surface area contributed by atoms with Crippen molar-refractivity contribution >= 4 is 10.8 Å². The smallest absolute Gasteiger partial charge is 0.422 e. The molecule has 0 heterocycles. The molecule has 0 fully saturated rings. The van der Waals surface area contributed by atoms with Gasteiger partial charge in [-0.1, -0.05) is 74.7 Å².